The third-order valence-electron chi connectivity index (χ3n) is 7.25. The smallest absolute Gasteiger partial charge is 0.143 e. The number of para-hydroxylation sites is 1. The molecule has 8 rings (SSSR count). The highest BCUT2D eigenvalue weighted by Gasteiger charge is 2.19. The molecule has 0 radical (unpaired) electrons. The molecule has 0 aliphatic heterocycles. The van der Waals surface area contributed by atoms with Gasteiger partial charge in [-0.3, -0.25) is 0 Å². The third kappa shape index (κ3) is 3.01. The number of fused-ring (bicyclic) bond motifs is 8. The number of benzene rings is 6. The quantitative estimate of drug-likeness (QED) is 0.235. The van der Waals surface area contributed by atoms with E-state index in [0.717, 1.165) is 77.0 Å². The first-order valence-electron chi connectivity index (χ1n) is 12.4. The molecule has 0 fully saturated rings. The zero-order valence-corrected chi connectivity index (χ0v) is 19.8. The van der Waals surface area contributed by atoms with E-state index in [1.54, 1.807) is 0 Å². The van der Waals surface area contributed by atoms with Gasteiger partial charge in [0.1, 0.15) is 11.2 Å². The van der Waals surface area contributed by atoms with Crippen molar-refractivity contribution in [2.45, 2.75) is 0 Å². The van der Waals surface area contributed by atoms with Crippen LogP contribution >= 0.6 is 0 Å². The minimum atomic E-state index is 0.854. The molecule has 2 aromatic heterocycles. The summed E-state index contributed by atoms with van der Waals surface area (Å²) in [6.45, 7) is 0. The van der Waals surface area contributed by atoms with Crippen LogP contribution in [0.3, 0.4) is 0 Å². The highest BCUT2D eigenvalue weighted by molar-refractivity contribution is 6.19. The van der Waals surface area contributed by atoms with Crippen molar-refractivity contribution in [2.24, 2.45) is 0 Å². The summed E-state index contributed by atoms with van der Waals surface area (Å²) in [5.74, 6) is 0. The summed E-state index contributed by atoms with van der Waals surface area (Å²) < 4.78 is 6.47. The number of aromatic nitrogens is 2. The number of nitrogens with zero attached hydrogens (tertiary/aromatic N) is 2. The average Bonchev–Trinajstić information content (AvgIpc) is 3.35. The second-order valence-electron chi connectivity index (χ2n) is 9.39. The highest BCUT2D eigenvalue weighted by Crippen LogP contribution is 2.41. The van der Waals surface area contributed by atoms with Crippen molar-refractivity contribution in [1.29, 1.82) is 0 Å². The molecule has 0 bridgehead atoms. The van der Waals surface area contributed by atoms with Gasteiger partial charge in [-0.25, -0.2) is 9.97 Å². The molecular formula is C34H20N2O. The van der Waals surface area contributed by atoms with E-state index in [4.69, 9.17) is 14.4 Å². The van der Waals surface area contributed by atoms with Crippen molar-refractivity contribution in [3.63, 3.8) is 0 Å². The van der Waals surface area contributed by atoms with E-state index >= 15 is 0 Å². The predicted octanol–water partition coefficient (Wildman–Crippen LogP) is 9.17. The normalized spacial score (nSPS) is 11.8. The maximum Gasteiger partial charge on any atom is 0.143 e. The molecule has 0 unspecified atom stereocenters. The van der Waals surface area contributed by atoms with E-state index in [2.05, 4.69) is 103 Å². The van der Waals surface area contributed by atoms with Gasteiger partial charge >= 0.3 is 0 Å². The minimum Gasteiger partial charge on any atom is -0.455 e. The molecule has 6 aromatic carbocycles. The number of hydrogen-bond acceptors (Lipinski definition) is 3. The maximum atomic E-state index is 6.47. The molecule has 0 saturated carbocycles. The summed E-state index contributed by atoms with van der Waals surface area (Å²) in [7, 11) is 0. The summed E-state index contributed by atoms with van der Waals surface area (Å²) in [4.78, 5) is 10.6. The Bertz CT molecular complexity index is 2140. The van der Waals surface area contributed by atoms with Crippen molar-refractivity contribution in [3.8, 4) is 22.5 Å². The topological polar surface area (TPSA) is 38.9 Å². The van der Waals surface area contributed by atoms with Crippen LogP contribution in [0.2, 0.25) is 0 Å². The van der Waals surface area contributed by atoms with E-state index < -0.39 is 0 Å². The van der Waals surface area contributed by atoms with Crippen LogP contribution in [0.15, 0.2) is 126 Å². The molecule has 0 aliphatic carbocycles. The standard InChI is InChI=1S/C34H20N2O/c1-2-10-23(11-3-1)31-33(35-28-20-18-21-9-4-5-13-24(21)32(28)36-31)27-15-8-12-22-17-19-26-25-14-6-7-16-29(25)37-34(26)30(22)27/h1-20H. The molecule has 0 spiro atoms. The predicted molar refractivity (Wildman–Crippen MR) is 153 cm³/mol. The van der Waals surface area contributed by atoms with Gasteiger partial charge in [0.15, 0.2) is 0 Å². The van der Waals surface area contributed by atoms with E-state index in [1.807, 2.05) is 18.2 Å². The molecular weight excluding hydrogens is 452 g/mol. The van der Waals surface area contributed by atoms with Gasteiger partial charge in [0.05, 0.1) is 22.4 Å². The van der Waals surface area contributed by atoms with Crippen LogP contribution in [0, 0.1) is 0 Å². The Morgan fingerprint density at radius 3 is 2.16 bits per heavy atom. The Balaban J connectivity index is 1.53. The summed E-state index contributed by atoms with van der Waals surface area (Å²) >= 11 is 0. The van der Waals surface area contributed by atoms with Gasteiger partial charge in [-0.15, -0.1) is 0 Å². The molecule has 3 heteroatoms. The maximum absolute atomic E-state index is 6.47. The average molecular weight is 473 g/mol. The monoisotopic (exact) mass is 472 g/mol. The SMILES string of the molecule is c1ccc(-c2nc3c(ccc4ccccc43)nc2-c2cccc3ccc4c5ccccc5oc4c23)cc1. The van der Waals surface area contributed by atoms with Crippen LogP contribution in [-0.4, -0.2) is 9.97 Å². The number of hydrogen-bond donors (Lipinski definition) is 0. The van der Waals surface area contributed by atoms with E-state index in [-0.39, 0.29) is 0 Å². The minimum absolute atomic E-state index is 0.854. The number of rotatable bonds is 2. The lowest BCUT2D eigenvalue weighted by molar-refractivity contribution is 0.673. The van der Waals surface area contributed by atoms with Gasteiger partial charge in [-0.05, 0) is 29.0 Å². The molecule has 8 aromatic rings. The molecule has 3 nitrogen and oxygen atoms in total. The van der Waals surface area contributed by atoms with Gasteiger partial charge in [-0.2, -0.15) is 0 Å². The fraction of sp³-hybridized carbons (Fsp3) is 0. The largest absolute Gasteiger partial charge is 0.455 e. The van der Waals surface area contributed by atoms with Crippen LogP contribution in [0.5, 0.6) is 0 Å². The van der Waals surface area contributed by atoms with Gasteiger partial charge < -0.3 is 4.42 Å². The molecule has 0 amide bonds. The van der Waals surface area contributed by atoms with Crippen LogP contribution in [-0.2, 0) is 0 Å². The fourth-order valence-electron chi connectivity index (χ4n) is 5.52. The lowest BCUT2D eigenvalue weighted by atomic mass is 9.96. The summed E-state index contributed by atoms with van der Waals surface area (Å²) in [5, 5.41) is 6.66. The van der Waals surface area contributed by atoms with Crippen molar-refractivity contribution in [2.75, 3.05) is 0 Å². The highest BCUT2D eigenvalue weighted by atomic mass is 16.3. The molecule has 0 aliphatic rings. The Labute approximate surface area is 212 Å². The Hall–Kier alpha value is -5.02. The molecule has 0 saturated heterocycles. The van der Waals surface area contributed by atoms with Crippen molar-refractivity contribution >= 4 is 54.5 Å². The first-order chi connectivity index (χ1) is 18.3. The first-order valence-corrected chi connectivity index (χ1v) is 12.4. The van der Waals surface area contributed by atoms with Crippen LogP contribution in [0.25, 0.3) is 77.0 Å². The van der Waals surface area contributed by atoms with Crippen LogP contribution in [0.1, 0.15) is 0 Å². The van der Waals surface area contributed by atoms with E-state index in [0.29, 0.717) is 0 Å². The molecule has 172 valence electrons. The molecule has 2 heterocycles. The fourth-order valence-corrected chi connectivity index (χ4v) is 5.52. The van der Waals surface area contributed by atoms with Crippen molar-refractivity contribution in [1.82, 2.24) is 9.97 Å². The first kappa shape index (κ1) is 20.2. The lowest BCUT2D eigenvalue weighted by Crippen LogP contribution is -1.97. The van der Waals surface area contributed by atoms with Crippen molar-refractivity contribution in [3.05, 3.63) is 121 Å². The zero-order valence-electron chi connectivity index (χ0n) is 19.8. The molecule has 37 heavy (non-hydrogen) atoms. The van der Waals surface area contributed by atoms with Gasteiger partial charge in [-0.1, -0.05) is 103 Å². The second-order valence-corrected chi connectivity index (χ2v) is 9.39. The Morgan fingerprint density at radius 1 is 0.486 bits per heavy atom. The van der Waals surface area contributed by atoms with Crippen LogP contribution < -0.4 is 0 Å². The third-order valence-corrected chi connectivity index (χ3v) is 7.25. The summed E-state index contributed by atoms with van der Waals surface area (Å²) in [6.07, 6.45) is 0. The zero-order chi connectivity index (χ0) is 24.3. The van der Waals surface area contributed by atoms with E-state index in [1.165, 1.54) is 0 Å². The lowest BCUT2D eigenvalue weighted by Gasteiger charge is -2.14. The van der Waals surface area contributed by atoms with Crippen molar-refractivity contribution < 1.29 is 4.42 Å². The second kappa shape index (κ2) is 7.74. The summed E-state index contributed by atoms with van der Waals surface area (Å²) in [5.41, 5.74) is 7.33. The summed E-state index contributed by atoms with van der Waals surface area (Å²) in [6, 6.07) is 41.8. The molecule has 0 atom stereocenters. The Morgan fingerprint density at radius 2 is 1.24 bits per heavy atom. The Kier molecular flexibility index (Phi) is 4.23. The molecule has 0 N–H and O–H groups in total. The van der Waals surface area contributed by atoms with Gasteiger partial charge in [0.2, 0.25) is 0 Å². The van der Waals surface area contributed by atoms with Gasteiger partial charge in [0, 0.05) is 32.7 Å². The van der Waals surface area contributed by atoms with E-state index in [9.17, 15) is 0 Å². The number of furan rings is 1. The van der Waals surface area contributed by atoms with Gasteiger partial charge in [0.25, 0.3) is 0 Å². The van der Waals surface area contributed by atoms with Crippen LogP contribution in [0.4, 0.5) is 0 Å².